The molecule has 0 spiro atoms. The number of nitrogens with zero attached hydrogens (tertiary/aromatic N) is 2. The number of nitrogens with one attached hydrogen (secondary N) is 2. The van der Waals surface area contributed by atoms with E-state index in [1.54, 1.807) is 6.07 Å². The Morgan fingerprint density at radius 2 is 1.89 bits per heavy atom. The van der Waals surface area contributed by atoms with E-state index in [2.05, 4.69) is 32.4 Å². The van der Waals surface area contributed by atoms with Crippen LogP contribution in [0.15, 0.2) is 60.9 Å². The van der Waals surface area contributed by atoms with Crippen LogP contribution in [0.1, 0.15) is 11.1 Å². The lowest BCUT2D eigenvalue weighted by atomic mass is 10.1. The summed E-state index contributed by atoms with van der Waals surface area (Å²) in [5.74, 6) is 4.54. The largest absolute Gasteiger partial charge is 0.453 e. The average Bonchev–Trinajstić information content (AvgIpc) is 2.82. The molecule has 36 heavy (non-hydrogen) atoms. The van der Waals surface area contributed by atoms with Gasteiger partial charge in [0.15, 0.2) is 11.6 Å². The van der Waals surface area contributed by atoms with Gasteiger partial charge in [-0.15, -0.1) is 0 Å². The monoisotopic (exact) mass is 491 g/mol. The molecule has 184 valence electrons. The second-order valence-electron chi connectivity index (χ2n) is 8.18. The first-order valence-corrected chi connectivity index (χ1v) is 11.1. The summed E-state index contributed by atoms with van der Waals surface area (Å²) in [6.07, 6.45) is 2.93. The normalized spacial score (nSPS) is 13.2. The summed E-state index contributed by atoms with van der Waals surface area (Å²) >= 11 is 0. The van der Waals surface area contributed by atoms with Crippen LogP contribution in [0.5, 0.6) is 11.5 Å². The number of carbonyl (C=O) groups excluding carboxylic acids is 2. The zero-order valence-corrected chi connectivity index (χ0v) is 19.1. The molecule has 1 aliphatic rings. The standard InChI is InChI=1S/C26H23F2N5O3/c27-19-5-3-17(4-6-19)12-25(34)32-26(35)31-21-7-8-24(22(28)13-21)36-23-9-10-30-14-18(23)2-1-11-33-15-20(29)16-33/h3-10,13-14,20H,11-12,15-16,29H2,(H2,31,32,34,35). The van der Waals surface area contributed by atoms with Crippen LogP contribution in [0.3, 0.4) is 0 Å². The Bertz CT molecular complexity index is 1320. The van der Waals surface area contributed by atoms with Crippen LogP contribution in [0, 0.1) is 23.5 Å². The molecule has 8 nitrogen and oxygen atoms in total. The number of urea groups is 1. The van der Waals surface area contributed by atoms with Gasteiger partial charge < -0.3 is 15.8 Å². The number of hydrogen-bond acceptors (Lipinski definition) is 6. The Balaban J connectivity index is 1.33. The van der Waals surface area contributed by atoms with E-state index in [1.165, 1.54) is 48.8 Å². The lowest BCUT2D eigenvalue weighted by Gasteiger charge is -2.35. The molecule has 10 heteroatoms. The van der Waals surface area contributed by atoms with Gasteiger partial charge in [-0.05, 0) is 29.8 Å². The van der Waals surface area contributed by atoms with Crippen molar-refractivity contribution in [3.63, 3.8) is 0 Å². The Labute approximate surface area is 206 Å². The molecule has 1 saturated heterocycles. The van der Waals surface area contributed by atoms with Gasteiger partial charge in [-0.25, -0.2) is 13.6 Å². The number of likely N-dealkylation sites (tertiary alicyclic amines) is 1. The van der Waals surface area contributed by atoms with Crippen LogP contribution < -0.4 is 21.1 Å². The number of carbonyl (C=O) groups is 2. The molecule has 0 aliphatic carbocycles. The van der Waals surface area contributed by atoms with Crippen molar-refractivity contribution in [1.82, 2.24) is 15.2 Å². The first-order chi connectivity index (χ1) is 17.4. The fraction of sp³-hybridized carbons (Fsp3) is 0.192. The maximum atomic E-state index is 14.7. The zero-order chi connectivity index (χ0) is 25.5. The number of pyridine rings is 1. The van der Waals surface area contributed by atoms with Gasteiger partial charge in [0.1, 0.15) is 11.6 Å². The number of benzene rings is 2. The quantitative estimate of drug-likeness (QED) is 0.458. The molecule has 3 aromatic rings. The van der Waals surface area contributed by atoms with Gasteiger partial charge >= 0.3 is 6.03 Å². The predicted molar refractivity (Wildman–Crippen MR) is 129 cm³/mol. The van der Waals surface area contributed by atoms with Gasteiger partial charge in [0.05, 0.1) is 18.5 Å². The fourth-order valence-electron chi connectivity index (χ4n) is 3.45. The van der Waals surface area contributed by atoms with Crippen molar-refractivity contribution in [2.24, 2.45) is 5.73 Å². The number of halogens is 2. The van der Waals surface area contributed by atoms with E-state index in [0.717, 1.165) is 19.2 Å². The maximum Gasteiger partial charge on any atom is 0.325 e. The van der Waals surface area contributed by atoms with Gasteiger partial charge in [-0.2, -0.15) is 0 Å². The number of hydrogen-bond donors (Lipinski definition) is 3. The van der Waals surface area contributed by atoms with Crippen molar-refractivity contribution in [2.75, 3.05) is 25.0 Å². The molecule has 3 amide bonds. The second-order valence-corrected chi connectivity index (χ2v) is 8.18. The molecular weight excluding hydrogens is 468 g/mol. The third-order valence-corrected chi connectivity index (χ3v) is 5.23. The minimum Gasteiger partial charge on any atom is -0.453 e. The summed E-state index contributed by atoms with van der Waals surface area (Å²) in [4.78, 5) is 30.3. The molecule has 0 unspecified atom stereocenters. The van der Waals surface area contributed by atoms with Crippen molar-refractivity contribution in [2.45, 2.75) is 12.5 Å². The third kappa shape index (κ3) is 6.85. The molecule has 1 aliphatic heterocycles. The van der Waals surface area contributed by atoms with Gasteiger partial charge in [0.2, 0.25) is 5.91 Å². The highest BCUT2D eigenvalue weighted by molar-refractivity contribution is 6.01. The summed E-state index contributed by atoms with van der Waals surface area (Å²) < 4.78 is 33.3. The van der Waals surface area contributed by atoms with Gasteiger partial charge in [-0.3, -0.25) is 20.0 Å². The minimum atomic E-state index is -0.829. The van der Waals surface area contributed by atoms with Gasteiger partial charge in [0.25, 0.3) is 0 Å². The lowest BCUT2D eigenvalue weighted by Crippen LogP contribution is -2.55. The van der Waals surface area contributed by atoms with Crippen LogP contribution in [0.2, 0.25) is 0 Å². The topological polar surface area (TPSA) is 110 Å². The zero-order valence-electron chi connectivity index (χ0n) is 19.1. The number of rotatable bonds is 6. The molecule has 0 saturated carbocycles. The smallest absolute Gasteiger partial charge is 0.325 e. The molecule has 0 atom stereocenters. The van der Waals surface area contributed by atoms with E-state index < -0.39 is 23.6 Å². The van der Waals surface area contributed by atoms with Crippen molar-refractivity contribution >= 4 is 17.6 Å². The number of aromatic nitrogens is 1. The summed E-state index contributed by atoms with van der Waals surface area (Å²) in [5, 5.41) is 4.53. The van der Waals surface area contributed by atoms with Crippen LogP contribution in [-0.2, 0) is 11.2 Å². The molecule has 1 fully saturated rings. The number of ether oxygens (including phenoxy) is 1. The first-order valence-electron chi connectivity index (χ1n) is 11.1. The highest BCUT2D eigenvalue weighted by Gasteiger charge is 2.21. The molecule has 4 N–H and O–H groups in total. The first kappa shape index (κ1) is 24.8. The summed E-state index contributed by atoms with van der Waals surface area (Å²) in [6, 6.07) is 10.1. The van der Waals surface area contributed by atoms with Crippen LogP contribution in [-0.4, -0.2) is 47.5 Å². The van der Waals surface area contributed by atoms with Crippen LogP contribution in [0.25, 0.3) is 0 Å². The van der Waals surface area contributed by atoms with Crippen LogP contribution >= 0.6 is 0 Å². The Morgan fingerprint density at radius 3 is 2.61 bits per heavy atom. The van der Waals surface area contributed by atoms with Gasteiger partial charge in [-0.1, -0.05) is 24.0 Å². The summed E-state index contributed by atoms with van der Waals surface area (Å²) in [7, 11) is 0. The van der Waals surface area contributed by atoms with E-state index in [4.69, 9.17) is 10.5 Å². The van der Waals surface area contributed by atoms with E-state index in [-0.39, 0.29) is 23.9 Å². The molecule has 2 heterocycles. The van der Waals surface area contributed by atoms with Crippen LogP contribution in [0.4, 0.5) is 19.3 Å². The highest BCUT2D eigenvalue weighted by atomic mass is 19.1. The molecule has 1 aromatic heterocycles. The SMILES string of the molecule is NC1CN(CC#Cc2cnccc2Oc2ccc(NC(=O)NC(=O)Cc3ccc(F)cc3)cc2F)C1. The molecule has 4 rings (SSSR count). The van der Waals surface area contributed by atoms with E-state index >= 15 is 0 Å². The number of anilines is 1. The Morgan fingerprint density at radius 1 is 1.11 bits per heavy atom. The minimum absolute atomic E-state index is 0.0729. The summed E-state index contributed by atoms with van der Waals surface area (Å²) in [6.45, 7) is 2.17. The Kier molecular flexibility index (Phi) is 7.85. The number of nitrogens with two attached hydrogens (primary N) is 1. The van der Waals surface area contributed by atoms with E-state index in [9.17, 15) is 18.4 Å². The van der Waals surface area contributed by atoms with Crippen molar-refractivity contribution in [1.29, 1.82) is 0 Å². The fourth-order valence-corrected chi connectivity index (χ4v) is 3.45. The molecule has 0 radical (unpaired) electrons. The Hall–Kier alpha value is -4.33. The van der Waals surface area contributed by atoms with E-state index in [1.807, 2.05) is 0 Å². The molecular formula is C26H23F2N5O3. The molecule has 0 bridgehead atoms. The van der Waals surface area contributed by atoms with Crippen molar-refractivity contribution in [3.8, 4) is 23.3 Å². The number of amides is 3. The molecule has 2 aromatic carbocycles. The predicted octanol–water partition coefficient (Wildman–Crippen LogP) is 3.04. The summed E-state index contributed by atoms with van der Waals surface area (Å²) in [5.41, 5.74) is 6.92. The maximum absolute atomic E-state index is 14.7. The number of imide groups is 1. The third-order valence-electron chi connectivity index (χ3n) is 5.23. The van der Waals surface area contributed by atoms with Crippen molar-refractivity contribution < 1.29 is 23.1 Å². The van der Waals surface area contributed by atoms with Crippen molar-refractivity contribution in [3.05, 3.63) is 83.7 Å². The second kappa shape index (κ2) is 11.4. The van der Waals surface area contributed by atoms with E-state index in [0.29, 0.717) is 23.4 Å². The van der Waals surface area contributed by atoms with Gasteiger partial charge in [0, 0.05) is 49.3 Å². The average molecular weight is 491 g/mol. The lowest BCUT2D eigenvalue weighted by molar-refractivity contribution is -0.119. The highest BCUT2D eigenvalue weighted by Crippen LogP contribution is 2.28.